The maximum atomic E-state index is 11.7. The van der Waals surface area contributed by atoms with Crippen LogP contribution in [0, 0.1) is 3.57 Å². The van der Waals surface area contributed by atoms with Crippen LogP contribution >= 0.6 is 33.9 Å². The van der Waals surface area contributed by atoms with E-state index in [0.717, 1.165) is 9.26 Å². The Hall–Kier alpha value is -1.41. The summed E-state index contributed by atoms with van der Waals surface area (Å²) in [5.74, 6) is -0.121. The van der Waals surface area contributed by atoms with Crippen LogP contribution in [-0.4, -0.2) is 18.4 Å². The Morgan fingerprint density at radius 1 is 1.14 bits per heavy atom. The molecule has 2 rings (SSSR count). The van der Waals surface area contributed by atoms with Gasteiger partial charge in [0, 0.05) is 22.2 Å². The van der Waals surface area contributed by atoms with Gasteiger partial charge in [-0.25, -0.2) is 0 Å². The number of nitrogens with one attached hydrogen (secondary N) is 2. The summed E-state index contributed by atoms with van der Waals surface area (Å²) in [6.45, 7) is 0.497. The number of carbonyl (C=O) groups is 2. The summed E-state index contributed by atoms with van der Waals surface area (Å²) in [6, 6.07) is 11.3. The first-order valence-electron chi connectivity index (χ1n) is 6.52. The van der Waals surface area contributed by atoms with E-state index in [1.165, 1.54) is 11.3 Å². The number of carbonyl (C=O) groups excluding carboxylic acids is 2. The predicted molar refractivity (Wildman–Crippen MR) is 93.7 cm³/mol. The van der Waals surface area contributed by atoms with Gasteiger partial charge in [0.15, 0.2) is 0 Å². The van der Waals surface area contributed by atoms with Crippen LogP contribution < -0.4 is 10.6 Å². The van der Waals surface area contributed by atoms with Gasteiger partial charge in [-0.05, 0) is 64.7 Å². The summed E-state index contributed by atoms with van der Waals surface area (Å²) < 4.78 is 1.13. The number of hydrogen-bond donors (Lipinski definition) is 2. The molecule has 6 heteroatoms. The van der Waals surface area contributed by atoms with Crippen LogP contribution in [-0.2, 0) is 4.79 Å². The number of thiophene rings is 1. The first-order chi connectivity index (χ1) is 10.1. The molecule has 4 nitrogen and oxygen atoms in total. The fourth-order valence-corrected chi connectivity index (χ4v) is 2.70. The molecule has 0 aliphatic carbocycles. The minimum atomic E-state index is -0.0805. The maximum Gasteiger partial charge on any atom is 0.261 e. The van der Waals surface area contributed by atoms with Crippen LogP contribution in [0.25, 0.3) is 0 Å². The van der Waals surface area contributed by atoms with E-state index in [-0.39, 0.29) is 11.8 Å². The lowest BCUT2D eigenvalue weighted by molar-refractivity contribution is -0.116. The van der Waals surface area contributed by atoms with Crippen molar-refractivity contribution in [2.24, 2.45) is 0 Å². The van der Waals surface area contributed by atoms with Gasteiger partial charge in [-0.3, -0.25) is 9.59 Å². The summed E-state index contributed by atoms with van der Waals surface area (Å²) in [5, 5.41) is 7.50. The van der Waals surface area contributed by atoms with Crippen molar-refractivity contribution >= 4 is 51.4 Å². The summed E-state index contributed by atoms with van der Waals surface area (Å²) in [7, 11) is 0. The van der Waals surface area contributed by atoms with Crippen LogP contribution in [0.4, 0.5) is 5.69 Å². The van der Waals surface area contributed by atoms with Crippen molar-refractivity contribution in [3.8, 4) is 0 Å². The Bertz CT molecular complexity index is 597. The SMILES string of the molecule is O=C(CCCNC(=O)c1cccs1)Nc1ccc(I)cc1. The highest BCUT2D eigenvalue weighted by Gasteiger charge is 2.06. The van der Waals surface area contributed by atoms with E-state index in [0.29, 0.717) is 24.3 Å². The molecule has 21 heavy (non-hydrogen) atoms. The lowest BCUT2D eigenvalue weighted by Gasteiger charge is -2.06. The Morgan fingerprint density at radius 2 is 1.90 bits per heavy atom. The van der Waals surface area contributed by atoms with E-state index in [1.54, 1.807) is 6.07 Å². The standard InChI is InChI=1S/C15H15IN2O2S/c16-11-5-7-12(8-6-11)18-14(19)4-1-9-17-15(20)13-3-2-10-21-13/h2-3,5-8,10H,1,4,9H2,(H,17,20)(H,18,19). The Kier molecular flexibility index (Phi) is 6.19. The zero-order valence-electron chi connectivity index (χ0n) is 11.3. The quantitative estimate of drug-likeness (QED) is 0.562. The molecule has 0 atom stereocenters. The van der Waals surface area contributed by atoms with Gasteiger partial charge in [0.1, 0.15) is 0 Å². The summed E-state index contributed by atoms with van der Waals surface area (Å²) in [5.41, 5.74) is 0.794. The zero-order chi connectivity index (χ0) is 15.1. The minimum Gasteiger partial charge on any atom is -0.351 e. The average molecular weight is 414 g/mol. The molecule has 1 heterocycles. The maximum absolute atomic E-state index is 11.7. The average Bonchev–Trinajstić information content (AvgIpc) is 3.00. The molecule has 0 fully saturated rings. The molecule has 0 saturated carbocycles. The van der Waals surface area contributed by atoms with Crippen molar-refractivity contribution in [3.05, 3.63) is 50.2 Å². The summed E-state index contributed by atoms with van der Waals surface area (Å²) in [6.07, 6.45) is 1.00. The van der Waals surface area contributed by atoms with Crippen LogP contribution in [0.1, 0.15) is 22.5 Å². The molecule has 0 bridgehead atoms. The minimum absolute atomic E-state index is 0.0402. The number of halogens is 1. The molecule has 1 aromatic heterocycles. The molecule has 2 amide bonds. The third-order valence-electron chi connectivity index (χ3n) is 2.74. The van der Waals surface area contributed by atoms with Gasteiger partial charge in [-0.2, -0.15) is 0 Å². The second kappa shape index (κ2) is 8.14. The summed E-state index contributed by atoms with van der Waals surface area (Å²) >= 11 is 3.62. The third-order valence-corrected chi connectivity index (χ3v) is 4.33. The third kappa shape index (κ3) is 5.47. The second-order valence-corrected chi connectivity index (χ2v) is 6.59. The van der Waals surface area contributed by atoms with Crippen molar-refractivity contribution in [2.75, 3.05) is 11.9 Å². The van der Waals surface area contributed by atoms with Gasteiger partial charge in [-0.15, -0.1) is 11.3 Å². The number of anilines is 1. The normalized spacial score (nSPS) is 10.1. The molecule has 110 valence electrons. The van der Waals surface area contributed by atoms with Crippen molar-refractivity contribution in [1.82, 2.24) is 5.32 Å². The molecular weight excluding hydrogens is 399 g/mol. The molecule has 0 saturated heterocycles. The zero-order valence-corrected chi connectivity index (χ0v) is 14.2. The fraction of sp³-hybridized carbons (Fsp3) is 0.200. The van der Waals surface area contributed by atoms with Crippen LogP contribution in [0.2, 0.25) is 0 Å². The van der Waals surface area contributed by atoms with E-state index < -0.39 is 0 Å². The first kappa shape index (κ1) is 16.0. The molecule has 0 unspecified atom stereocenters. The lowest BCUT2D eigenvalue weighted by Crippen LogP contribution is -2.24. The van der Waals surface area contributed by atoms with Gasteiger partial charge in [-0.1, -0.05) is 6.07 Å². The Balaban J connectivity index is 1.65. The Morgan fingerprint density at radius 3 is 2.57 bits per heavy atom. The smallest absolute Gasteiger partial charge is 0.261 e. The predicted octanol–water partition coefficient (Wildman–Crippen LogP) is 3.50. The van der Waals surface area contributed by atoms with E-state index in [1.807, 2.05) is 35.7 Å². The number of hydrogen-bond acceptors (Lipinski definition) is 3. The monoisotopic (exact) mass is 414 g/mol. The molecule has 0 radical (unpaired) electrons. The highest BCUT2D eigenvalue weighted by atomic mass is 127. The van der Waals surface area contributed by atoms with E-state index in [9.17, 15) is 9.59 Å². The van der Waals surface area contributed by atoms with Gasteiger partial charge >= 0.3 is 0 Å². The summed E-state index contributed by atoms with van der Waals surface area (Å²) in [4.78, 5) is 24.1. The molecule has 0 aliphatic heterocycles. The van der Waals surface area contributed by atoms with Gasteiger partial charge < -0.3 is 10.6 Å². The first-order valence-corrected chi connectivity index (χ1v) is 8.48. The number of amides is 2. The van der Waals surface area contributed by atoms with Crippen molar-refractivity contribution < 1.29 is 9.59 Å². The van der Waals surface area contributed by atoms with Crippen LogP contribution in [0.15, 0.2) is 41.8 Å². The molecular formula is C15H15IN2O2S. The fourth-order valence-electron chi connectivity index (χ4n) is 1.70. The van der Waals surface area contributed by atoms with Gasteiger partial charge in [0.05, 0.1) is 4.88 Å². The van der Waals surface area contributed by atoms with Gasteiger partial charge in [0.25, 0.3) is 5.91 Å². The molecule has 1 aromatic carbocycles. The lowest BCUT2D eigenvalue weighted by atomic mass is 10.2. The number of benzene rings is 1. The number of rotatable bonds is 6. The Labute approximate surface area is 141 Å². The molecule has 0 aliphatic rings. The largest absolute Gasteiger partial charge is 0.351 e. The highest BCUT2D eigenvalue weighted by molar-refractivity contribution is 14.1. The van der Waals surface area contributed by atoms with Crippen molar-refractivity contribution in [3.63, 3.8) is 0 Å². The molecule has 0 spiro atoms. The van der Waals surface area contributed by atoms with Crippen molar-refractivity contribution in [1.29, 1.82) is 0 Å². The van der Waals surface area contributed by atoms with Crippen molar-refractivity contribution in [2.45, 2.75) is 12.8 Å². The van der Waals surface area contributed by atoms with E-state index >= 15 is 0 Å². The van der Waals surface area contributed by atoms with E-state index in [4.69, 9.17) is 0 Å². The molecule has 2 aromatic rings. The van der Waals surface area contributed by atoms with Crippen LogP contribution in [0.3, 0.4) is 0 Å². The highest BCUT2D eigenvalue weighted by Crippen LogP contribution is 2.11. The van der Waals surface area contributed by atoms with Gasteiger partial charge in [0.2, 0.25) is 5.91 Å². The van der Waals surface area contributed by atoms with Crippen LogP contribution in [0.5, 0.6) is 0 Å². The molecule has 2 N–H and O–H groups in total. The second-order valence-electron chi connectivity index (χ2n) is 4.39. The van der Waals surface area contributed by atoms with E-state index in [2.05, 4.69) is 33.2 Å². The topological polar surface area (TPSA) is 58.2 Å².